The Morgan fingerprint density at radius 2 is 1.80 bits per heavy atom. The Kier molecular flexibility index (Phi) is 6.89. The maximum absolute atomic E-state index is 12.4. The molecule has 0 radical (unpaired) electrons. The minimum atomic E-state index is -3.34. The highest BCUT2D eigenvalue weighted by molar-refractivity contribution is 7.92. The van der Waals surface area contributed by atoms with E-state index in [4.69, 9.17) is 0 Å². The molecule has 3 rings (SSSR count). The summed E-state index contributed by atoms with van der Waals surface area (Å²) >= 11 is 0. The minimum Gasteiger partial charge on any atom is -0.315 e. The van der Waals surface area contributed by atoms with E-state index in [-0.39, 0.29) is 11.7 Å². The van der Waals surface area contributed by atoms with E-state index < -0.39 is 10.0 Å². The lowest BCUT2D eigenvalue weighted by Crippen LogP contribution is -2.40. The molecule has 0 bridgehead atoms. The molecule has 1 heterocycles. The molecule has 8 heteroatoms. The zero-order valence-electron chi connectivity index (χ0n) is 17.3. The summed E-state index contributed by atoms with van der Waals surface area (Å²) in [6.07, 6.45) is 2.71. The second-order valence-electron chi connectivity index (χ2n) is 7.50. The van der Waals surface area contributed by atoms with Gasteiger partial charge in [-0.3, -0.25) is 14.3 Å². The molecule has 2 aromatic carbocycles. The number of rotatable bonds is 9. The highest BCUT2D eigenvalue weighted by atomic mass is 32.2. The van der Waals surface area contributed by atoms with Crippen molar-refractivity contribution in [1.29, 1.82) is 0 Å². The van der Waals surface area contributed by atoms with Crippen LogP contribution in [-0.2, 0) is 21.2 Å². The van der Waals surface area contributed by atoms with E-state index in [0.29, 0.717) is 43.7 Å². The van der Waals surface area contributed by atoms with Crippen molar-refractivity contribution < 1.29 is 18.0 Å². The van der Waals surface area contributed by atoms with Gasteiger partial charge in [0.15, 0.2) is 5.78 Å². The zero-order chi connectivity index (χ0) is 21.7. The first-order valence-electron chi connectivity index (χ1n) is 9.95. The molecule has 7 nitrogen and oxygen atoms in total. The second kappa shape index (κ2) is 9.40. The van der Waals surface area contributed by atoms with Gasteiger partial charge in [-0.2, -0.15) is 0 Å². The highest BCUT2D eigenvalue weighted by Crippen LogP contribution is 2.30. The first-order chi connectivity index (χ1) is 14.2. The van der Waals surface area contributed by atoms with Crippen molar-refractivity contribution >= 4 is 33.1 Å². The number of fused-ring (bicyclic) bond motifs is 1. The predicted molar refractivity (Wildman–Crippen MR) is 119 cm³/mol. The number of amides is 1. The Morgan fingerprint density at radius 3 is 2.50 bits per heavy atom. The van der Waals surface area contributed by atoms with Gasteiger partial charge in [-0.05, 0) is 48.7 Å². The van der Waals surface area contributed by atoms with Crippen molar-refractivity contribution in [2.24, 2.45) is 0 Å². The van der Waals surface area contributed by atoms with Gasteiger partial charge in [0.05, 0.1) is 6.26 Å². The molecule has 1 amide bonds. The molecule has 30 heavy (non-hydrogen) atoms. The number of carbonyl (C=O) groups is 2. The van der Waals surface area contributed by atoms with Crippen molar-refractivity contribution in [3.05, 3.63) is 59.2 Å². The van der Waals surface area contributed by atoms with Crippen molar-refractivity contribution in [2.45, 2.75) is 26.2 Å². The summed E-state index contributed by atoms with van der Waals surface area (Å²) < 4.78 is 24.8. The van der Waals surface area contributed by atoms with Crippen LogP contribution in [0.3, 0.4) is 0 Å². The first-order valence-corrected chi connectivity index (χ1v) is 11.8. The molecule has 0 unspecified atom stereocenters. The van der Waals surface area contributed by atoms with Gasteiger partial charge in [-0.1, -0.05) is 18.2 Å². The SMILES string of the molecule is Cc1cccc2c1N(CCNCCC(=O)c1ccc(NS(C)(=O)=O)cc1)C(=O)CC2. The number of benzene rings is 2. The fourth-order valence-corrected chi connectivity index (χ4v) is 4.21. The standard InChI is InChI=1S/C22H27N3O4S/c1-16-4-3-5-18-8-11-21(27)25(22(16)18)15-14-23-13-12-20(26)17-6-9-19(10-7-17)24-30(2,28)29/h3-7,9-10,23-24H,8,11-15H2,1-2H3. The van der Waals surface area contributed by atoms with Gasteiger partial charge < -0.3 is 10.2 Å². The highest BCUT2D eigenvalue weighted by Gasteiger charge is 2.24. The van der Waals surface area contributed by atoms with Gasteiger partial charge in [-0.25, -0.2) is 8.42 Å². The Hall–Kier alpha value is -2.71. The quantitative estimate of drug-likeness (QED) is 0.472. The summed E-state index contributed by atoms with van der Waals surface area (Å²) in [6, 6.07) is 12.5. The smallest absolute Gasteiger partial charge is 0.229 e. The molecular weight excluding hydrogens is 402 g/mol. The van der Waals surface area contributed by atoms with Crippen LogP contribution in [0.25, 0.3) is 0 Å². The Bertz CT molecular complexity index is 1030. The van der Waals surface area contributed by atoms with Crippen molar-refractivity contribution in [1.82, 2.24) is 5.32 Å². The first kappa shape index (κ1) is 22.0. The summed E-state index contributed by atoms with van der Waals surface area (Å²) in [5, 5.41) is 3.24. The van der Waals surface area contributed by atoms with Crippen molar-refractivity contribution in [2.75, 3.05) is 35.5 Å². The minimum absolute atomic E-state index is 0.0244. The van der Waals surface area contributed by atoms with Gasteiger partial charge >= 0.3 is 0 Å². The molecule has 0 atom stereocenters. The third-order valence-electron chi connectivity index (χ3n) is 5.05. The van der Waals surface area contributed by atoms with Crippen molar-refractivity contribution in [3.8, 4) is 0 Å². The number of para-hydroxylation sites is 1. The van der Waals surface area contributed by atoms with Crippen LogP contribution in [0.15, 0.2) is 42.5 Å². The zero-order valence-corrected chi connectivity index (χ0v) is 18.1. The number of aryl methyl sites for hydroxylation is 2. The van der Waals surface area contributed by atoms with E-state index in [1.54, 1.807) is 24.3 Å². The fraction of sp³-hybridized carbons (Fsp3) is 0.364. The molecule has 2 aromatic rings. The van der Waals surface area contributed by atoms with E-state index in [2.05, 4.69) is 16.1 Å². The van der Waals surface area contributed by atoms with Crippen LogP contribution in [0, 0.1) is 6.92 Å². The van der Waals surface area contributed by atoms with Crippen LogP contribution in [0.5, 0.6) is 0 Å². The predicted octanol–water partition coefficient (Wildman–Crippen LogP) is 2.51. The maximum atomic E-state index is 12.4. The van der Waals surface area contributed by atoms with E-state index in [0.717, 1.165) is 23.9 Å². The van der Waals surface area contributed by atoms with E-state index in [9.17, 15) is 18.0 Å². The molecule has 0 aliphatic carbocycles. The number of anilines is 2. The van der Waals surface area contributed by atoms with Crippen LogP contribution in [-0.4, -0.2) is 46.0 Å². The monoisotopic (exact) mass is 429 g/mol. The van der Waals surface area contributed by atoms with Gasteiger partial charge in [0.2, 0.25) is 15.9 Å². The number of carbonyl (C=O) groups excluding carboxylic acids is 2. The van der Waals surface area contributed by atoms with Gasteiger partial charge in [-0.15, -0.1) is 0 Å². The molecule has 2 N–H and O–H groups in total. The average molecular weight is 430 g/mol. The lowest BCUT2D eigenvalue weighted by molar-refractivity contribution is -0.118. The van der Waals surface area contributed by atoms with Gasteiger partial charge in [0.25, 0.3) is 0 Å². The molecule has 0 fully saturated rings. The molecule has 0 saturated carbocycles. The fourth-order valence-electron chi connectivity index (χ4n) is 3.65. The Morgan fingerprint density at radius 1 is 1.07 bits per heavy atom. The number of ketones is 1. The lowest BCUT2D eigenvalue weighted by Gasteiger charge is -2.31. The van der Waals surface area contributed by atoms with Crippen molar-refractivity contribution in [3.63, 3.8) is 0 Å². The maximum Gasteiger partial charge on any atom is 0.229 e. The Balaban J connectivity index is 1.47. The van der Waals surface area contributed by atoms with Gasteiger partial charge in [0, 0.05) is 49.4 Å². The van der Waals surface area contributed by atoms with Gasteiger partial charge in [0.1, 0.15) is 0 Å². The summed E-state index contributed by atoms with van der Waals surface area (Å²) in [5.41, 5.74) is 4.29. The summed E-state index contributed by atoms with van der Waals surface area (Å²) in [7, 11) is -3.34. The normalized spacial score (nSPS) is 13.8. The molecular formula is C22H27N3O4S. The number of nitrogens with zero attached hydrogens (tertiary/aromatic N) is 1. The lowest BCUT2D eigenvalue weighted by atomic mass is 9.98. The number of hydrogen-bond donors (Lipinski definition) is 2. The van der Waals surface area contributed by atoms with Crippen LogP contribution in [0.2, 0.25) is 0 Å². The summed E-state index contributed by atoms with van der Waals surface area (Å²) in [4.78, 5) is 26.5. The molecule has 160 valence electrons. The average Bonchev–Trinajstić information content (AvgIpc) is 2.68. The number of hydrogen-bond acceptors (Lipinski definition) is 5. The van der Waals surface area contributed by atoms with E-state index in [1.165, 1.54) is 5.56 Å². The van der Waals surface area contributed by atoms with E-state index >= 15 is 0 Å². The molecule has 0 saturated heterocycles. The third kappa shape index (κ3) is 5.67. The molecule has 1 aliphatic heterocycles. The second-order valence-corrected chi connectivity index (χ2v) is 9.25. The van der Waals surface area contributed by atoms with Crippen LogP contribution >= 0.6 is 0 Å². The topological polar surface area (TPSA) is 95.6 Å². The van der Waals surface area contributed by atoms with E-state index in [1.807, 2.05) is 24.0 Å². The molecule has 0 aromatic heterocycles. The number of nitrogens with one attached hydrogen (secondary N) is 2. The molecule has 1 aliphatic rings. The summed E-state index contributed by atoms with van der Waals surface area (Å²) in [5.74, 6) is 0.112. The third-order valence-corrected chi connectivity index (χ3v) is 5.66. The largest absolute Gasteiger partial charge is 0.315 e. The van der Waals surface area contributed by atoms with Crippen LogP contribution in [0.4, 0.5) is 11.4 Å². The summed E-state index contributed by atoms with van der Waals surface area (Å²) in [6.45, 7) is 3.69. The van der Waals surface area contributed by atoms with Crippen LogP contribution in [0.1, 0.15) is 34.3 Å². The Labute approximate surface area is 177 Å². The number of Topliss-reactive ketones (excluding diaryl/α,β-unsaturated/α-hetero) is 1. The molecule has 0 spiro atoms. The van der Waals surface area contributed by atoms with Crippen LogP contribution < -0.4 is 14.9 Å². The number of sulfonamides is 1.